The van der Waals surface area contributed by atoms with E-state index in [0.717, 1.165) is 9.13 Å². The zero-order valence-electron chi connectivity index (χ0n) is 15.7. The van der Waals surface area contributed by atoms with Gasteiger partial charge in [0.05, 0.1) is 11.3 Å². The highest BCUT2D eigenvalue weighted by Gasteiger charge is 2.21. The Balaban J connectivity index is 2.15. The SMILES string of the molecule is Cn1c(O)c(/C(=N/Nc2ccc(C(=O)O)cc2)c2ccccc2)c(=O)n(C)c1=O. The second kappa shape index (κ2) is 7.85. The van der Waals surface area contributed by atoms with Gasteiger partial charge in [0.25, 0.3) is 5.56 Å². The number of benzene rings is 2. The number of hydrogen-bond donors (Lipinski definition) is 3. The summed E-state index contributed by atoms with van der Waals surface area (Å²) in [7, 11) is 2.66. The highest BCUT2D eigenvalue weighted by Crippen LogP contribution is 2.17. The van der Waals surface area contributed by atoms with Crippen LogP contribution in [0.1, 0.15) is 21.5 Å². The van der Waals surface area contributed by atoms with Crippen LogP contribution in [0.4, 0.5) is 5.69 Å². The van der Waals surface area contributed by atoms with E-state index in [9.17, 15) is 19.5 Å². The van der Waals surface area contributed by atoms with Gasteiger partial charge in [0, 0.05) is 19.7 Å². The smallest absolute Gasteiger partial charge is 0.335 e. The van der Waals surface area contributed by atoms with Crippen LogP contribution in [0.25, 0.3) is 0 Å². The molecular formula is C20H18N4O5. The molecule has 1 heterocycles. The number of carbonyl (C=O) groups is 1. The molecule has 0 radical (unpaired) electrons. The fraction of sp³-hybridized carbons (Fsp3) is 0.100. The van der Waals surface area contributed by atoms with E-state index in [2.05, 4.69) is 10.5 Å². The van der Waals surface area contributed by atoms with Crippen molar-refractivity contribution >= 4 is 17.4 Å². The minimum absolute atomic E-state index is 0.118. The van der Waals surface area contributed by atoms with Crippen LogP contribution in [-0.4, -0.2) is 31.0 Å². The van der Waals surface area contributed by atoms with E-state index >= 15 is 0 Å². The average Bonchev–Trinajstić information content (AvgIpc) is 2.74. The number of hydrazone groups is 1. The van der Waals surface area contributed by atoms with E-state index in [0.29, 0.717) is 11.3 Å². The summed E-state index contributed by atoms with van der Waals surface area (Å²) in [4.78, 5) is 35.7. The van der Waals surface area contributed by atoms with Crippen molar-refractivity contribution in [2.45, 2.75) is 0 Å². The molecule has 0 aliphatic carbocycles. The molecule has 0 atom stereocenters. The third kappa shape index (κ3) is 3.79. The van der Waals surface area contributed by atoms with Crippen LogP contribution >= 0.6 is 0 Å². The summed E-state index contributed by atoms with van der Waals surface area (Å²) in [5.41, 5.74) is 2.51. The number of nitrogens with zero attached hydrogens (tertiary/aromatic N) is 3. The molecule has 29 heavy (non-hydrogen) atoms. The molecule has 0 aliphatic heterocycles. The molecule has 0 fully saturated rings. The molecule has 1 aromatic heterocycles. The van der Waals surface area contributed by atoms with Crippen molar-refractivity contribution in [1.82, 2.24) is 9.13 Å². The first-order chi connectivity index (χ1) is 13.8. The third-order valence-corrected chi connectivity index (χ3v) is 4.35. The summed E-state index contributed by atoms with van der Waals surface area (Å²) in [6.45, 7) is 0. The van der Waals surface area contributed by atoms with Gasteiger partial charge in [0.15, 0.2) is 0 Å². The molecular weight excluding hydrogens is 376 g/mol. The fourth-order valence-corrected chi connectivity index (χ4v) is 2.71. The van der Waals surface area contributed by atoms with Crippen LogP contribution in [0.2, 0.25) is 0 Å². The van der Waals surface area contributed by atoms with E-state index in [1.807, 2.05) is 0 Å². The Bertz CT molecular complexity index is 1210. The van der Waals surface area contributed by atoms with Crippen molar-refractivity contribution in [1.29, 1.82) is 0 Å². The summed E-state index contributed by atoms with van der Waals surface area (Å²) in [5, 5.41) is 23.7. The zero-order chi connectivity index (χ0) is 21.1. The monoisotopic (exact) mass is 394 g/mol. The normalized spacial score (nSPS) is 11.3. The van der Waals surface area contributed by atoms with Gasteiger partial charge in [0.2, 0.25) is 5.88 Å². The first kappa shape index (κ1) is 19.6. The fourth-order valence-electron chi connectivity index (χ4n) is 2.71. The molecule has 0 saturated heterocycles. The third-order valence-electron chi connectivity index (χ3n) is 4.35. The molecule has 9 nitrogen and oxygen atoms in total. The molecule has 9 heteroatoms. The Morgan fingerprint density at radius 2 is 1.55 bits per heavy atom. The Hall–Kier alpha value is -4.14. The molecule has 3 rings (SSSR count). The molecule has 2 aromatic carbocycles. The van der Waals surface area contributed by atoms with Crippen LogP contribution in [0.5, 0.6) is 5.88 Å². The van der Waals surface area contributed by atoms with Gasteiger partial charge in [-0.25, -0.2) is 9.59 Å². The molecule has 0 bridgehead atoms. The summed E-state index contributed by atoms with van der Waals surface area (Å²) in [5.74, 6) is -1.56. The first-order valence-corrected chi connectivity index (χ1v) is 8.53. The van der Waals surface area contributed by atoms with Crippen molar-refractivity contribution in [3.05, 3.63) is 92.1 Å². The molecule has 0 saturated carbocycles. The Morgan fingerprint density at radius 1 is 0.931 bits per heavy atom. The molecule has 148 valence electrons. The number of aromatic nitrogens is 2. The minimum atomic E-state index is -1.05. The number of aromatic hydroxyl groups is 1. The van der Waals surface area contributed by atoms with Gasteiger partial charge in [-0.2, -0.15) is 5.10 Å². The maximum Gasteiger partial charge on any atom is 0.335 e. The lowest BCUT2D eigenvalue weighted by molar-refractivity contribution is 0.0697. The Kier molecular flexibility index (Phi) is 5.31. The maximum atomic E-state index is 12.7. The minimum Gasteiger partial charge on any atom is -0.494 e. The summed E-state index contributed by atoms with van der Waals surface area (Å²) < 4.78 is 1.84. The van der Waals surface area contributed by atoms with Crippen molar-refractivity contribution in [2.24, 2.45) is 19.2 Å². The summed E-state index contributed by atoms with van der Waals surface area (Å²) in [6.07, 6.45) is 0. The standard InChI is InChI=1S/C20H18N4O5/c1-23-17(25)15(18(26)24(2)20(23)29)16(12-6-4-3-5-7-12)22-21-14-10-8-13(9-11-14)19(27)28/h3-11,21,25H,1-2H3,(H,27,28)/b22-16+. The van der Waals surface area contributed by atoms with Crippen LogP contribution in [-0.2, 0) is 14.1 Å². The molecule has 3 aromatic rings. The van der Waals surface area contributed by atoms with E-state index in [1.54, 1.807) is 30.3 Å². The summed E-state index contributed by atoms with van der Waals surface area (Å²) >= 11 is 0. The van der Waals surface area contributed by atoms with E-state index in [4.69, 9.17) is 5.11 Å². The Morgan fingerprint density at radius 3 is 2.14 bits per heavy atom. The largest absolute Gasteiger partial charge is 0.494 e. The van der Waals surface area contributed by atoms with Crippen LogP contribution in [0.3, 0.4) is 0 Å². The molecule has 0 aliphatic rings. The lowest BCUT2D eigenvalue weighted by Crippen LogP contribution is -2.40. The van der Waals surface area contributed by atoms with Crippen LogP contribution in [0, 0.1) is 0 Å². The highest BCUT2D eigenvalue weighted by molar-refractivity contribution is 6.14. The van der Waals surface area contributed by atoms with Crippen molar-refractivity contribution in [2.75, 3.05) is 5.43 Å². The van der Waals surface area contributed by atoms with Gasteiger partial charge in [-0.1, -0.05) is 30.3 Å². The lowest BCUT2D eigenvalue weighted by Gasteiger charge is -2.13. The molecule has 0 amide bonds. The number of carboxylic acids is 1. The van der Waals surface area contributed by atoms with Crippen molar-refractivity contribution in [3.63, 3.8) is 0 Å². The maximum absolute atomic E-state index is 12.7. The number of rotatable bonds is 5. The number of anilines is 1. The van der Waals surface area contributed by atoms with Gasteiger partial charge >= 0.3 is 11.7 Å². The second-order valence-corrected chi connectivity index (χ2v) is 6.23. The number of aromatic carboxylic acids is 1. The van der Waals surface area contributed by atoms with Gasteiger partial charge < -0.3 is 10.2 Å². The molecule has 0 spiro atoms. The van der Waals surface area contributed by atoms with Crippen molar-refractivity contribution < 1.29 is 15.0 Å². The quantitative estimate of drug-likeness (QED) is 0.443. The lowest BCUT2D eigenvalue weighted by atomic mass is 10.0. The van der Waals surface area contributed by atoms with Gasteiger partial charge in [0.1, 0.15) is 11.3 Å². The van der Waals surface area contributed by atoms with E-state index in [1.165, 1.54) is 38.4 Å². The average molecular weight is 394 g/mol. The van der Waals surface area contributed by atoms with Crippen LogP contribution < -0.4 is 16.7 Å². The highest BCUT2D eigenvalue weighted by atomic mass is 16.4. The first-order valence-electron chi connectivity index (χ1n) is 8.53. The molecule has 0 unspecified atom stereocenters. The van der Waals surface area contributed by atoms with Gasteiger partial charge in [-0.3, -0.25) is 19.4 Å². The van der Waals surface area contributed by atoms with E-state index < -0.39 is 23.1 Å². The summed E-state index contributed by atoms with van der Waals surface area (Å²) in [6, 6.07) is 14.6. The topological polar surface area (TPSA) is 126 Å². The predicted molar refractivity (Wildman–Crippen MR) is 108 cm³/mol. The van der Waals surface area contributed by atoms with E-state index in [-0.39, 0.29) is 16.8 Å². The zero-order valence-corrected chi connectivity index (χ0v) is 15.7. The van der Waals surface area contributed by atoms with Gasteiger partial charge in [-0.05, 0) is 24.3 Å². The molecule has 3 N–H and O–H groups in total. The van der Waals surface area contributed by atoms with Gasteiger partial charge in [-0.15, -0.1) is 0 Å². The second-order valence-electron chi connectivity index (χ2n) is 6.23. The van der Waals surface area contributed by atoms with Crippen LogP contribution in [0.15, 0.2) is 69.3 Å². The number of hydrogen-bond acceptors (Lipinski definition) is 6. The number of nitrogens with one attached hydrogen (secondary N) is 1. The predicted octanol–water partition coefficient (Wildman–Crippen LogP) is 1.35. The number of carboxylic acid groups (broad SMARTS) is 1. The Labute approximate surface area is 164 Å². The van der Waals surface area contributed by atoms with Crippen molar-refractivity contribution in [3.8, 4) is 5.88 Å².